The first kappa shape index (κ1) is 13.9. The van der Waals surface area contributed by atoms with Crippen LogP contribution in [-0.4, -0.2) is 20.5 Å². The van der Waals surface area contributed by atoms with Crippen molar-refractivity contribution in [3.8, 4) is 17.1 Å². The van der Waals surface area contributed by atoms with Gasteiger partial charge in [-0.2, -0.15) is 0 Å². The van der Waals surface area contributed by atoms with Gasteiger partial charge in [0.25, 0.3) is 0 Å². The summed E-state index contributed by atoms with van der Waals surface area (Å²) in [7, 11) is 0. The molecule has 2 aromatic carbocycles. The summed E-state index contributed by atoms with van der Waals surface area (Å²) in [5.74, 6) is 1.86. The van der Waals surface area contributed by atoms with E-state index in [0.717, 1.165) is 28.0 Å². The van der Waals surface area contributed by atoms with Crippen LogP contribution in [0.2, 0.25) is 0 Å². The Morgan fingerprint density at radius 1 is 1.00 bits per heavy atom. The predicted molar refractivity (Wildman–Crippen MR) is 87.9 cm³/mol. The first-order valence-corrected chi connectivity index (χ1v) is 7.99. The van der Waals surface area contributed by atoms with Crippen LogP contribution in [0.4, 0.5) is 0 Å². The molecule has 0 atom stereocenters. The number of nitrogens with zero attached hydrogens (tertiary/aromatic N) is 3. The van der Waals surface area contributed by atoms with E-state index < -0.39 is 0 Å². The first-order chi connectivity index (χ1) is 10.3. The van der Waals surface area contributed by atoms with Crippen LogP contribution in [0, 0.1) is 6.92 Å². The molecule has 0 saturated heterocycles. The number of thioether (sulfide) groups is 1. The Morgan fingerprint density at radius 2 is 1.81 bits per heavy atom. The minimum absolute atomic E-state index is 0.886. The molecule has 0 aliphatic heterocycles. The molecule has 0 N–H and O–H groups in total. The van der Waals surface area contributed by atoms with Gasteiger partial charge in [0.15, 0.2) is 11.0 Å². The fourth-order valence-corrected chi connectivity index (χ4v) is 2.94. The van der Waals surface area contributed by atoms with Gasteiger partial charge in [0.2, 0.25) is 0 Å². The molecule has 21 heavy (non-hydrogen) atoms. The molecule has 1 aromatic heterocycles. The van der Waals surface area contributed by atoms with Crippen molar-refractivity contribution in [2.24, 2.45) is 0 Å². The average molecular weight is 295 g/mol. The number of hydrogen-bond donors (Lipinski definition) is 0. The minimum Gasteiger partial charge on any atom is -0.270 e. The van der Waals surface area contributed by atoms with Crippen molar-refractivity contribution >= 4 is 11.8 Å². The number of aromatic nitrogens is 3. The molecule has 0 bridgehead atoms. The molecule has 0 saturated carbocycles. The van der Waals surface area contributed by atoms with E-state index in [1.165, 1.54) is 5.56 Å². The lowest BCUT2D eigenvalue weighted by atomic mass is 10.2. The van der Waals surface area contributed by atoms with E-state index in [0.29, 0.717) is 0 Å². The molecule has 4 heteroatoms. The van der Waals surface area contributed by atoms with Gasteiger partial charge in [-0.1, -0.05) is 61.2 Å². The van der Waals surface area contributed by atoms with Crippen molar-refractivity contribution in [1.82, 2.24) is 14.8 Å². The lowest BCUT2D eigenvalue weighted by Gasteiger charge is -2.10. The summed E-state index contributed by atoms with van der Waals surface area (Å²) < 4.78 is 2.14. The van der Waals surface area contributed by atoms with Gasteiger partial charge in [0.1, 0.15) is 0 Å². The molecule has 106 valence electrons. The van der Waals surface area contributed by atoms with E-state index >= 15 is 0 Å². The van der Waals surface area contributed by atoms with E-state index in [4.69, 9.17) is 0 Å². The summed E-state index contributed by atoms with van der Waals surface area (Å²) in [6.07, 6.45) is 0. The van der Waals surface area contributed by atoms with Crippen LogP contribution in [-0.2, 0) is 0 Å². The van der Waals surface area contributed by atoms with Gasteiger partial charge in [-0.25, -0.2) is 0 Å². The van der Waals surface area contributed by atoms with Crippen LogP contribution < -0.4 is 0 Å². The average Bonchev–Trinajstić information content (AvgIpc) is 2.92. The molecule has 3 aromatic rings. The van der Waals surface area contributed by atoms with Crippen molar-refractivity contribution in [1.29, 1.82) is 0 Å². The molecule has 3 nitrogen and oxygen atoms in total. The Morgan fingerprint density at radius 3 is 2.52 bits per heavy atom. The monoisotopic (exact) mass is 295 g/mol. The van der Waals surface area contributed by atoms with E-state index in [-0.39, 0.29) is 0 Å². The maximum absolute atomic E-state index is 4.40. The van der Waals surface area contributed by atoms with Crippen LogP contribution in [0.15, 0.2) is 59.8 Å². The lowest BCUT2D eigenvalue weighted by molar-refractivity contribution is 0.886. The van der Waals surface area contributed by atoms with Crippen LogP contribution in [0.1, 0.15) is 12.5 Å². The zero-order valence-corrected chi connectivity index (χ0v) is 13.0. The van der Waals surface area contributed by atoms with Gasteiger partial charge in [-0.05, 0) is 30.4 Å². The second-order valence-electron chi connectivity index (χ2n) is 4.78. The Hall–Kier alpha value is -2.07. The Balaban J connectivity index is 2.18. The molecule has 0 aliphatic rings. The van der Waals surface area contributed by atoms with E-state index in [1.807, 2.05) is 18.2 Å². The summed E-state index contributed by atoms with van der Waals surface area (Å²) in [6, 6.07) is 18.6. The number of benzene rings is 2. The summed E-state index contributed by atoms with van der Waals surface area (Å²) in [5, 5.41) is 9.70. The fourth-order valence-electron chi connectivity index (χ4n) is 2.27. The largest absolute Gasteiger partial charge is 0.270 e. The SMILES string of the molecule is CCSc1nnc(-c2ccccc2)n1-c1cccc(C)c1. The Kier molecular flexibility index (Phi) is 4.06. The van der Waals surface area contributed by atoms with Crippen LogP contribution in [0.3, 0.4) is 0 Å². The van der Waals surface area contributed by atoms with Crippen molar-refractivity contribution in [3.05, 3.63) is 60.2 Å². The van der Waals surface area contributed by atoms with Crippen molar-refractivity contribution in [3.63, 3.8) is 0 Å². The molecule has 3 rings (SSSR count). The Bertz CT molecular complexity index is 735. The van der Waals surface area contributed by atoms with Gasteiger partial charge in [-0.3, -0.25) is 4.57 Å². The lowest BCUT2D eigenvalue weighted by Crippen LogP contribution is -2.00. The topological polar surface area (TPSA) is 30.7 Å². The van der Waals surface area contributed by atoms with Gasteiger partial charge >= 0.3 is 0 Å². The number of hydrogen-bond acceptors (Lipinski definition) is 3. The fraction of sp³-hybridized carbons (Fsp3) is 0.176. The Labute approximate surface area is 129 Å². The molecule has 0 fully saturated rings. The maximum atomic E-state index is 4.40. The molecular formula is C17H17N3S. The minimum atomic E-state index is 0.886. The van der Waals surface area contributed by atoms with Crippen molar-refractivity contribution in [2.75, 3.05) is 5.75 Å². The second kappa shape index (κ2) is 6.14. The van der Waals surface area contributed by atoms with E-state index in [9.17, 15) is 0 Å². The van der Waals surface area contributed by atoms with Crippen LogP contribution >= 0.6 is 11.8 Å². The predicted octanol–water partition coefficient (Wildman–Crippen LogP) is 4.35. The zero-order chi connectivity index (χ0) is 14.7. The van der Waals surface area contributed by atoms with Crippen LogP contribution in [0.25, 0.3) is 17.1 Å². The summed E-state index contributed by atoms with van der Waals surface area (Å²) in [4.78, 5) is 0. The maximum Gasteiger partial charge on any atom is 0.196 e. The van der Waals surface area contributed by atoms with Crippen LogP contribution in [0.5, 0.6) is 0 Å². The molecule has 0 radical (unpaired) electrons. The highest BCUT2D eigenvalue weighted by Gasteiger charge is 2.15. The van der Waals surface area contributed by atoms with Gasteiger partial charge in [0.05, 0.1) is 0 Å². The highest BCUT2D eigenvalue weighted by molar-refractivity contribution is 7.99. The van der Waals surface area contributed by atoms with E-state index in [2.05, 4.69) is 65.0 Å². The summed E-state index contributed by atoms with van der Waals surface area (Å²) in [5.41, 5.74) is 3.41. The molecule has 0 aliphatic carbocycles. The third kappa shape index (κ3) is 2.85. The second-order valence-corrected chi connectivity index (χ2v) is 6.01. The number of aryl methyl sites for hydroxylation is 1. The molecule has 1 heterocycles. The third-order valence-corrected chi connectivity index (χ3v) is 4.01. The summed E-state index contributed by atoms with van der Waals surface area (Å²) >= 11 is 1.71. The van der Waals surface area contributed by atoms with Crippen molar-refractivity contribution in [2.45, 2.75) is 19.0 Å². The quantitative estimate of drug-likeness (QED) is 0.670. The zero-order valence-electron chi connectivity index (χ0n) is 12.2. The standard InChI is InChI=1S/C17H17N3S/c1-3-21-17-19-18-16(14-9-5-4-6-10-14)20(17)15-11-7-8-13(2)12-15/h4-12H,3H2,1-2H3. The first-order valence-electron chi connectivity index (χ1n) is 7.00. The molecule has 0 unspecified atom stereocenters. The normalized spacial score (nSPS) is 10.8. The highest BCUT2D eigenvalue weighted by atomic mass is 32.2. The smallest absolute Gasteiger partial charge is 0.196 e. The molecular weight excluding hydrogens is 278 g/mol. The van der Waals surface area contributed by atoms with Gasteiger partial charge in [-0.15, -0.1) is 10.2 Å². The molecule has 0 spiro atoms. The third-order valence-electron chi connectivity index (χ3n) is 3.20. The number of rotatable bonds is 4. The molecule has 0 amide bonds. The van der Waals surface area contributed by atoms with Crippen molar-refractivity contribution < 1.29 is 0 Å². The highest BCUT2D eigenvalue weighted by Crippen LogP contribution is 2.27. The van der Waals surface area contributed by atoms with Gasteiger partial charge < -0.3 is 0 Å². The summed E-state index contributed by atoms with van der Waals surface area (Å²) in [6.45, 7) is 4.23. The van der Waals surface area contributed by atoms with Gasteiger partial charge in [0, 0.05) is 11.3 Å². The van der Waals surface area contributed by atoms with E-state index in [1.54, 1.807) is 11.8 Å².